The topological polar surface area (TPSA) is 84.1 Å². The number of nitrogens with two attached hydrogens (primary N) is 1. The first-order valence-corrected chi connectivity index (χ1v) is 12.2. The molecule has 1 amide bonds. The second-order valence-electron chi connectivity index (χ2n) is 8.86. The average molecular weight is 460 g/mol. The summed E-state index contributed by atoms with van der Waals surface area (Å²) in [7, 11) is 0. The second-order valence-corrected chi connectivity index (χ2v) is 8.86. The summed E-state index contributed by atoms with van der Waals surface area (Å²) in [6.07, 6.45) is 1.16. The summed E-state index contributed by atoms with van der Waals surface area (Å²) in [5, 5.41) is 2.99. The molecule has 6 heteroatoms. The lowest BCUT2D eigenvalue weighted by atomic mass is 10.0. The third-order valence-corrected chi connectivity index (χ3v) is 6.41. The van der Waals surface area contributed by atoms with Crippen molar-refractivity contribution in [1.29, 1.82) is 0 Å². The lowest BCUT2D eigenvalue weighted by Gasteiger charge is -2.28. The first kappa shape index (κ1) is 25.2. The molecule has 4 rings (SSSR count). The highest BCUT2D eigenvalue weighted by Gasteiger charge is 2.34. The number of nitrogen functional groups attached to an aromatic ring is 1. The number of aryl methyl sites for hydroxylation is 1. The molecular formula is C28H37N5O. The number of nitrogens with zero attached hydrogens (tertiary/aromatic N) is 3. The van der Waals surface area contributed by atoms with Crippen molar-refractivity contribution in [1.82, 2.24) is 15.3 Å². The van der Waals surface area contributed by atoms with E-state index in [2.05, 4.69) is 41.0 Å². The maximum atomic E-state index is 12.7. The lowest BCUT2D eigenvalue weighted by Crippen LogP contribution is -2.35. The Morgan fingerprint density at radius 3 is 2.15 bits per heavy atom. The van der Waals surface area contributed by atoms with Crippen LogP contribution in [-0.2, 0) is 6.54 Å². The van der Waals surface area contributed by atoms with E-state index in [1.165, 1.54) is 0 Å². The fraction of sp³-hybridized carbons (Fsp3) is 0.393. The number of benzene rings is 2. The van der Waals surface area contributed by atoms with Gasteiger partial charge in [-0.15, -0.1) is 0 Å². The number of carbonyl (C=O) groups is 1. The average Bonchev–Trinajstić information content (AvgIpc) is 3.10. The molecule has 0 radical (unpaired) electrons. The van der Waals surface area contributed by atoms with Crippen LogP contribution in [0.15, 0.2) is 54.6 Å². The summed E-state index contributed by atoms with van der Waals surface area (Å²) < 4.78 is 0. The molecule has 0 saturated carbocycles. The normalized spacial score (nSPS) is 19.4. The van der Waals surface area contributed by atoms with Gasteiger partial charge < -0.3 is 16.0 Å². The van der Waals surface area contributed by atoms with Crippen LogP contribution in [0.2, 0.25) is 0 Å². The molecule has 1 aliphatic heterocycles. The van der Waals surface area contributed by atoms with Crippen molar-refractivity contribution in [2.75, 3.05) is 10.6 Å². The van der Waals surface area contributed by atoms with Gasteiger partial charge in [0.25, 0.3) is 5.91 Å². The molecule has 3 N–H and O–H groups in total. The Hall–Kier alpha value is -3.41. The minimum Gasteiger partial charge on any atom is -0.399 e. The van der Waals surface area contributed by atoms with E-state index in [4.69, 9.17) is 5.73 Å². The van der Waals surface area contributed by atoms with Gasteiger partial charge in [0.2, 0.25) is 0 Å². The first-order chi connectivity index (χ1) is 16.3. The Kier molecular flexibility index (Phi) is 8.26. The predicted octanol–water partition coefficient (Wildman–Crippen LogP) is 5.61. The van der Waals surface area contributed by atoms with Crippen molar-refractivity contribution < 1.29 is 4.79 Å². The fourth-order valence-electron chi connectivity index (χ4n) is 4.56. The summed E-state index contributed by atoms with van der Waals surface area (Å²) in [6, 6.07) is 18.1. The van der Waals surface area contributed by atoms with E-state index in [1.807, 2.05) is 75.4 Å². The number of amides is 1. The van der Waals surface area contributed by atoms with E-state index >= 15 is 0 Å². The summed E-state index contributed by atoms with van der Waals surface area (Å²) in [6.45, 7) is 13.0. The van der Waals surface area contributed by atoms with Gasteiger partial charge in [0, 0.05) is 29.4 Å². The Morgan fingerprint density at radius 1 is 1.00 bits per heavy atom. The van der Waals surface area contributed by atoms with Gasteiger partial charge in [0.1, 0.15) is 11.6 Å². The molecule has 34 heavy (non-hydrogen) atoms. The summed E-state index contributed by atoms with van der Waals surface area (Å²) in [5.41, 5.74) is 10.0. The number of anilines is 2. The van der Waals surface area contributed by atoms with Crippen LogP contribution in [0.3, 0.4) is 0 Å². The number of aromatic nitrogens is 2. The van der Waals surface area contributed by atoms with Gasteiger partial charge in [0.15, 0.2) is 0 Å². The zero-order chi connectivity index (χ0) is 24.8. The highest BCUT2D eigenvalue weighted by atomic mass is 16.1. The molecule has 6 nitrogen and oxygen atoms in total. The Bertz CT molecular complexity index is 1090. The van der Waals surface area contributed by atoms with Crippen molar-refractivity contribution in [3.63, 3.8) is 0 Å². The molecule has 1 aliphatic rings. The smallest absolute Gasteiger partial charge is 0.251 e. The van der Waals surface area contributed by atoms with Crippen LogP contribution < -0.4 is 16.0 Å². The predicted molar refractivity (Wildman–Crippen MR) is 141 cm³/mol. The molecule has 1 saturated heterocycles. The molecule has 0 aliphatic carbocycles. The number of hydrogen-bond acceptors (Lipinski definition) is 5. The maximum Gasteiger partial charge on any atom is 0.251 e. The number of hydrogen-bond donors (Lipinski definition) is 2. The standard InChI is InChI=1S/C26H31N5O.C2H6/c1-16-13-17(2)31(18(16)3)25-14-24(29-19(4)30-25)15-28-26(32)22-7-5-20(6-8-22)21-9-11-23(27)12-10-21;1-2/h5-12,14,16-18H,13,15,27H2,1-4H3,(H,28,32);1-2H3. The molecule has 1 aromatic heterocycles. The van der Waals surface area contributed by atoms with Crippen molar-refractivity contribution >= 4 is 17.4 Å². The largest absolute Gasteiger partial charge is 0.399 e. The SMILES string of the molecule is CC.Cc1nc(CNC(=O)c2ccc(-c3ccc(N)cc3)cc2)cc(N2C(C)CC(C)C2C)n1. The van der Waals surface area contributed by atoms with Crippen LogP contribution in [0.1, 0.15) is 62.9 Å². The van der Waals surface area contributed by atoms with Crippen molar-refractivity contribution in [3.8, 4) is 11.1 Å². The molecule has 3 unspecified atom stereocenters. The third kappa shape index (κ3) is 5.74. The van der Waals surface area contributed by atoms with Gasteiger partial charge in [0.05, 0.1) is 12.2 Å². The molecule has 3 atom stereocenters. The molecule has 180 valence electrons. The molecule has 0 spiro atoms. The zero-order valence-electron chi connectivity index (χ0n) is 21.2. The molecule has 0 bridgehead atoms. The number of carbonyl (C=O) groups excluding carboxylic acids is 1. The van der Waals surface area contributed by atoms with Crippen LogP contribution >= 0.6 is 0 Å². The summed E-state index contributed by atoms with van der Waals surface area (Å²) in [5.74, 6) is 2.17. The Labute approximate surface area is 203 Å². The summed E-state index contributed by atoms with van der Waals surface area (Å²) >= 11 is 0. The molecule has 1 fully saturated rings. The van der Waals surface area contributed by atoms with Crippen LogP contribution in [0, 0.1) is 12.8 Å². The van der Waals surface area contributed by atoms with Crippen LogP contribution in [0.5, 0.6) is 0 Å². The second kappa shape index (κ2) is 11.1. The van der Waals surface area contributed by atoms with Gasteiger partial charge in [-0.3, -0.25) is 4.79 Å². The zero-order valence-corrected chi connectivity index (χ0v) is 21.2. The van der Waals surface area contributed by atoms with E-state index in [-0.39, 0.29) is 5.91 Å². The molecule has 2 aromatic carbocycles. The maximum absolute atomic E-state index is 12.7. The van der Waals surface area contributed by atoms with Gasteiger partial charge in [-0.05, 0) is 68.5 Å². The van der Waals surface area contributed by atoms with Gasteiger partial charge in [-0.2, -0.15) is 0 Å². The molecular weight excluding hydrogens is 422 g/mol. The van der Waals surface area contributed by atoms with E-state index in [1.54, 1.807) is 0 Å². The minimum absolute atomic E-state index is 0.122. The number of rotatable bonds is 5. The van der Waals surface area contributed by atoms with E-state index < -0.39 is 0 Å². The van der Waals surface area contributed by atoms with E-state index in [0.717, 1.165) is 40.6 Å². The first-order valence-electron chi connectivity index (χ1n) is 12.2. The highest BCUT2D eigenvalue weighted by Crippen LogP contribution is 2.33. The van der Waals surface area contributed by atoms with Crippen molar-refractivity contribution in [2.24, 2.45) is 5.92 Å². The van der Waals surface area contributed by atoms with E-state index in [0.29, 0.717) is 30.1 Å². The monoisotopic (exact) mass is 459 g/mol. The molecule has 3 aromatic rings. The summed E-state index contributed by atoms with van der Waals surface area (Å²) in [4.78, 5) is 24.3. The highest BCUT2D eigenvalue weighted by molar-refractivity contribution is 5.94. The number of nitrogens with one attached hydrogen (secondary N) is 1. The van der Waals surface area contributed by atoms with Gasteiger partial charge in [-0.25, -0.2) is 9.97 Å². The molecule has 2 heterocycles. The minimum atomic E-state index is -0.122. The third-order valence-electron chi connectivity index (χ3n) is 6.41. The quantitative estimate of drug-likeness (QED) is 0.484. The van der Waals surface area contributed by atoms with Crippen molar-refractivity contribution in [2.45, 2.75) is 66.6 Å². The van der Waals surface area contributed by atoms with Gasteiger partial charge in [-0.1, -0.05) is 45.0 Å². The van der Waals surface area contributed by atoms with Crippen molar-refractivity contribution in [3.05, 3.63) is 71.7 Å². The Balaban J connectivity index is 0.00000158. The van der Waals surface area contributed by atoms with Crippen LogP contribution in [-0.4, -0.2) is 28.0 Å². The lowest BCUT2D eigenvalue weighted by molar-refractivity contribution is 0.0950. The van der Waals surface area contributed by atoms with Crippen LogP contribution in [0.25, 0.3) is 11.1 Å². The van der Waals surface area contributed by atoms with Crippen LogP contribution in [0.4, 0.5) is 11.5 Å². The fourth-order valence-corrected chi connectivity index (χ4v) is 4.56. The van der Waals surface area contributed by atoms with Gasteiger partial charge >= 0.3 is 0 Å². The Morgan fingerprint density at radius 2 is 1.59 bits per heavy atom. The van der Waals surface area contributed by atoms with E-state index in [9.17, 15) is 4.79 Å².